The summed E-state index contributed by atoms with van der Waals surface area (Å²) in [6.45, 7) is 0.297. The minimum Gasteiger partial charge on any atom is -0.473 e. The van der Waals surface area contributed by atoms with Crippen LogP contribution in [-0.4, -0.2) is 37.6 Å². The zero-order valence-corrected chi connectivity index (χ0v) is 22.9. The first-order chi connectivity index (χ1) is 21.0. The first kappa shape index (κ1) is 27.3. The topological polar surface area (TPSA) is 129 Å². The number of rotatable bonds is 9. The van der Waals surface area contributed by atoms with Crippen molar-refractivity contribution in [1.29, 1.82) is 5.26 Å². The average Bonchev–Trinajstić information content (AvgIpc) is 3.68. The number of hydrogen-bond donors (Lipinski definition) is 0. The van der Waals surface area contributed by atoms with E-state index >= 15 is 0 Å². The summed E-state index contributed by atoms with van der Waals surface area (Å²) in [5, 5.41) is 8.93. The van der Waals surface area contributed by atoms with Crippen LogP contribution >= 0.6 is 0 Å². The van der Waals surface area contributed by atoms with Gasteiger partial charge in [0.2, 0.25) is 11.8 Å². The number of nitrogens with zero attached hydrogens (tertiary/aromatic N) is 6. The number of methoxy groups -OCH3 is 1. The van der Waals surface area contributed by atoms with Gasteiger partial charge in [-0.05, 0) is 48.5 Å². The van der Waals surface area contributed by atoms with E-state index in [1.165, 1.54) is 25.5 Å². The zero-order chi connectivity index (χ0) is 29.8. The summed E-state index contributed by atoms with van der Waals surface area (Å²) >= 11 is 0. The Morgan fingerprint density at radius 2 is 1.98 bits per heavy atom. The lowest BCUT2D eigenvalue weighted by Gasteiger charge is -2.09. The molecule has 0 bridgehead atoms. The van der Waals surface area contributed by atoms with Crippen LogP contribution in [-0.2, 0) is 24.3 Å². The zero-order valence-electron chi connectivity index (χ0n) is 22.9. The van der Waals surface area contributed by atoms with E-state index in [-0.39, 0.29) is 12.2 Å². The number of halogens is 1. The molecule has 0 saturated carbocycles. The van der Waals surface area contributed by atoms with Crippen LogP contribution in [0.2, 0.25) is 0 Å². The van der Waals surface area contributed by atoms with E-state index in [0.29, 0.717) is 47.1 Å². The molecule has 10 nitrogen and oxygen atoms in total. The normalized spacial score (nSPS) is 10.9. The summed E-state index contributed by atoms with van der Waals surface area (Å²) < 4.78 is 32.3. The van der Waals surface area contributed by atoms with E-state index in [1.807, 2.05) is 28.8 Å². The first-order valence-electron chi connectivity index (χ1n) is 13.2. The molecule has 2 aromatic carbocycles. The highest BCUT2D eigenvalue weighted by Crippen LogP contribution is 2.24. The molecular formula is C32H23FN6O4. The monoisotopic (exact) mass is 574 g/mol. The van der Waals surface area contributed by atoms with E-state index in [2.05, 4.69) is 15.0 Å². The second kappa shape index (κ2) is 11.9. The summed E-state index contributed by atoms with van der Waals surface area (Å²) in [6.07, 6.45) is 5.22. The molecule has 0 fully saturated rings. The third-order valence-corrected chi connectivity index (χ3v) is 6.77. The molecule has 0 aliphatic heterocycles. The smallest absolute Gasteiger partial charge is 0.337 e. The number of pyridine rings is 2. The molecule has 0 amide bonds. The van der Waals surface area contributed by atoms with Gasteiger partial charge in [0, 0.05) is 35.5 Å². The van der Waals surface area contributed by atoms with Crippen LogP contribution in [0.5, 0.6) is 5.88 Å². The molecule has 0 aliphatic rings. The molecule has 0 unspecified atom stereocenters. The summed E-state index contributed by atoms with van der Waals surface area (Å²) in [7, 11) is 1.34. The number of nitriles is 1. The quantitative estimate of drug-likeness (QED) is 0.206. The standard InChI is InChI=1S/C32H23FN6O4/c1-41-32(40)21-8-10-27-28(14-21)39(18-31-35-11-12-42-31)29(37-27)15-24-9-7-22(17-36-24)26-3-2-4-30(38-26)43-19-23-6-5-20(16-34)13-25(23)33/h2-14,17H,15,18-19H2,1H3. The van der Waals surface area contributed by atoms with Gasteiger partial charge in [0.15, 0.2) is 0 Å². The molecule has 0 atom stereocenters. The van der Waals surface area contributed by atoms with Gasteiger partial charge in [-0.15, -0.1) is 0 Å². The summed E-state index contributed by atoms with van der Waals surface area (Å²) in [5.41, 5.74) is 4.63. The van der Waals surface area contributed by atoms with Crippen LogP contribution in [0.1, 0.15) is 38.9 Å². The van der Waals surface area contributed by atoms with Crippen molar-refractivity contribution in [2.24, 2.45) is 0 Å². The van der Waals surface area contributed by atoms with Gasteiger partial charge < -0.3 is 18.5 Å². The highest BCUT2D eigenvalue weighted by molar-refractivity contribution is 5.93. The molecule has 4 heterocycles. The Labute approximate surface area is 245 Å². The Kier molecular flexibility index (Phi) is 7.56. The molecule has 0 saturated heterocycles. The van der Waals surface area contributed by atoms with Crippen LogP contribution in [0, 0.1) is 17.1 Å². The Hall–Kier alpha value is -5.89. The third kappa shape index (κ3) is 5.94. The number of ether oxygens (including phenoxy) is 2. The van der Waals surface area contributed by atoms with Crippen molar-refractivity contribution in [1.82, 2.24) is 24.5 Å². The molecule has 0 radical (unpaired) electrons. The summed E-state index contributed by atoms with van der Waals surface area (Å²) in [6, 6.07) is 20.5. The van der Waals surface area contributed by atoms with E-state index < -0.39 is 11.8 Å². The number of aromatic nitrogens is 5. The van der Waals surface area contributed by atoms with Crippen molar-refractivity contribution in [3.05, 3.63) is 125 Å². The van der Waals surface area contributed by atoms with Gasteiger partial charge in [-0.3, -0.25) is 4.98 Å². The predicted molar refractivity (Wildman–Crippen MR) is 152 cm³/mol. The van der Waals surface area contributed by atoms with Crippen molar-refractivity contribution in [2.75, 3.05) is 7.11 Å². The number of imidazole rings is 1. The molecule has 0 N–H and O–H groups in total. The summed E-state index contributed by atoms with van der Waals surface area (Å²) in [4.78, 5) is 30.4. The molecule has 4 aromatic heterocycles. The van der Waals surface area contributed by atoms with Gasteiger partial charge in [0.25, 0.3) is 0 Å². The lowest BCUT2D eigenvalue weighted by molar-refractivity contribution is 0.0601. The number of hydrogen-bond acceptors (Lipinski definition) is 9. The molecule has 6 rings (SSSR count). The van der Waals surface area contributed by atoms with Crippen LogP contribution < -0.4 is 4.74 Å². The summed E-state index contributed by atoms with van der Waals surface area (Å²) in [5.74, 6) is 0.611. The second-order valence-corrected chi connectivity index (χ2v) is 9.52. The molecular weight excluding hydrogens is 551 g/mol. The van der Waals surface area contributed by atoms with Crippen LogP contribution in [0.15, 0.2) is 89.8 Å². The largest absolute Gasteiger partial charge is 0.473 e. The fourth-order valence-corrected chi connectivity index (χ4v) is 4.58. The van der Waals surface area contributed by atoms with Crippen LogP contribution in [0.4, 0.5) is 4.39 Å². The number of fused-ring (bicyclic) bond motifs is 1. The van der Waals surface area contributed by atoms with Crippen LogP contribution in [0.3, 0.4) is 0 Å². The van der Waals surface area contributed by atoms with Crippen molar-refractivity contribution in [3.8, 4) is 23.2 Å². The predicted octanol–water partition coefficient (Wildman–Crippen LogP) is 5.50. The van der Waals surface area contributed by atoms with Crippen molar-refractivity contribution < 1.29 is 23.1 Å². The number of carbonyl (C=O) groups excluding carboxylic acids is 1. The fraction of sp³-hybridized carbons (Fsp3) is 0.125. The van der Waals surface area contributed by atoms with E-state index in [0.717, 1.165) is 22.6 Å². The molecule has 0 aliphatic carbocycles. The van der Waals surface area contributed by atoms with Gasteiger partial charge in [0.1, 0.15) is 31.1 Å². The Morgan fingerprint density at radius 1 is 1.07 bits per heavy atom. The van der Waals surface area contributed by atoms with E-state index in [9.17, 15) is 9.18 Å². The number of oxazole rings is 1. The maximum Gasteiger partial charge on any atom is 0.337 e. The first-order valence-corrected chi connectivity index (χ1v) is 13.2. The number of carbonyl (C=O) groups is 1. The molecule has 43 heavy (non-hydrogen) atoms. The van der Waals surface area contributed by atoms with Gasteiger partial charge in [0.05, 0.1) is 47.2 Å². The molecule has 6 aromatic rings. The van der Waals surface area contributed by atoms with E-state index in [4.69, 9.17) is 24.1 Å². The minimum atomic E-state index is -0.507. The molecule has 0 spiro atoms. The lowest BCUT2D eigenvalue weighted by atomic mass is 10.1. The van der Waals surface area contributed by atoms with Gasteiger partial charge >= 0.3 is 5.97 Å². The van der Waals surface area contributed by atoms with Crippen LogP contribution in [0.25, 0.3) is 22.3 Å². The Balaban J connectivity index is 1.22. The third-order valence-electron chi connectivity index (χ3n) is 6.77. The Morgan fingerprint density at radius 3 is 2.72 bits per heavy atom. The van der Waals surface area contributed by atoms with Crippen molar-refractivity contribution >= 4 is 17.0 Å². The molecule has 11 heteroatoms. The second-order valence-electron chi connectivity index (χ2n) is 9.52. The highest BCUT2D eigenvalue weighted by Gasteiger charge is 2.17. The van der Waals surface area contributed by atoms with E-state index in [1.54, 1.807) is 48.8 Å². The molecule has 212 valence electrons. The Bertz CT molecular complexity index is 1960. The highest BCUT2D eigenvalue weighted by atomic mass is 19.1. The number of esters is 1. The van der Waals surface area contributed by atoms with Crippen molar-refractivity contribution in [3.63, 3.8) is 0 Å². The maximum atomic E-state index is 14.2. The van der Waals surface area contributed by atoms with Gasteiger partial charge in [-0.2, -0.15) is 5.26 Å². The van der Waals surface area contributed by atoms with Gasteiger partial charge in [-0.25, -0.2) is 24.1 Å². The minimum absolute atomic E-state index is 0.0270. The van der Waals surface area contributed by atoms with Gasteiger partial charge in [-0.1, -0.05) is 12.1 Å². The SMILES string of the molecule is COC(=O)c1ccc2nc(Cc3ccc(-c4cccc(OCc5ccc(C#N)cc5F)n4)cn3)n(Cc3ncco3)c2c1. The number of benzene rings is 2. The van der Waals surface area contributed by atoms with Crippen molar-refractivity contribution in [2.45, 2.75) is 19.6 Å². The lowest BCUT2D eigenvalue weighted by Crippen LogP contribution is -2.08. The maximum absolute atomic E-state index is 14.2. The fourth-order valence-electron chi connectivity index (χ4n) is 4.58. The average molecular weight is 575 g/mol.